The fourth-order valence-corrected chi connectivity index (χ4v) is 2.91. The molecule has 0 bridgehead atoms. The summed E-state index contributed by atoms with van der Waals surface area (Å²) in [6.45, 7) is 4.08. The van der Waals surface area contributed by atoms with E-state index in [4.69, 9.17) is 5.73 Å². The maximum atomic E-state index is 9.46. The third kappa shape index (κ3) is 2.91. The maximum Gasteiger partial charge on any atom is 0.167 e. The number of hydrogen-bond donors (Lipinski definition) is 2. The lowest BCUT2D eigenvalue weighted by atomic mass is 9.91. The summed E-state index contributed by atoms with van der Waals surface area (Å²) >= 11 is 0. The van der Waals surface area contributed by atoms with Crippen molar-refractivity contribution >= 4 is 5.82 Å². The standard InChI is InChI=1S/C15H23N5/c1-3-10-11(9-16)15(20-19-13(10)4-2)18-14-8-6-5-7-12(14)17/h12,14H,3-8,17H2,1-2H3,(H,18,20). The highest BCUT2D eigenvalue weighted by Gasteiger charge is 2.24. The van der Waals surface area contributed by atoms with Crippen molar-refractivity contribution < 1.29 is 0 Å². The smallest absolute Gasteiger partial charge is 0.167 e. The van der Waals surface area contributed by atoms with Crippen LogP contribution in [0.5, 0.6) is 0 Å². The fraction of sp³-hybridized carbons (Fsp3) is 0.667. The van der Waals surface area contributed by atoms with Crippen molar-refractivity contribution in [2.75, 3.05) is 5.32 Å². The van der Waals surface area contributed by atoms with Crippen molar-refractivity contribution in [1.29, 1.82) is 5.26 Å². The summed E-state index contributed by atoms with van der Waals surface area (Å²) in [6.07, 6.45) is 6.02. The molecule has 3 N–H and O–H groups in total. The molecule has 5 heteroatoms. The van der Waals surface area contributed by atoms with E-state index < -0.39 is 0 Å². The highest BCUT2D eigenvalue weighted by atomic mass is 15.2. The molecule has 1 aliphatic rings. The lowest BCUT2D eigenvalue weighted by molar-refractivity contribution is 0.403. The molecule has 2 unspecified atom stereocenters. The molecule has 1 aromatic rings. The normalized spacial score (nSPS) is 22.3. The summed E-state index contributed by atoms with van der Waals surface area (Å²) in [5.74, 6) is 0.601. The van der Waals surface area contributed by atoms with Gasteiger partial charge in [0.1, 0.15) is 11.6 Å². The quantitative estimate of drug-likeness (QED) is 0.877. The van der Waals surface area contributed by atoms with E-state index >= 15 is 0 Å². The van der Waals surface area contributed by atoms with Crippen molar-refractivity contribution in [1.82, 2.24) is 10.2 Å². The van der Waals surface area contributed by atoms with Gasteiger partial charge in [0.15, 0.2) is 5.82 Å². The average Bonchev–Trinajstić information content (AvgIpc) is 2.48. The zero-order valence-corrected chi connectivity index (χ0v) is 12.3. The molecular weight excluding hydrogens is 250 g/mol. The first kappa shape index (κ1) is 14.7. The van der Waals surface area contributed by atoms with Gasteiger partial charge < -0.3 is 11.1 Å². The van der Waals surface area contributed by atoms with Crippen molar-refractivity contribution in [3.63, 3.8) is 0 Å². The molecule has 0 saturated heterocycles. The number of hydrogen-bond acceptors (Lipinski definition) is 5. The lowest BCUT2D eigenvalue weighted by Crippen LogP contribution is -2.43. The first-order valence-electron chi connectivity index (χ1n) is 7.51. The van der Waals surface area contributed by atoms with Gasteiger partial charge in [-0.2, -0.15) is 10.4 Å². The SMILES string of the molecule is CCc1nnc(NC2CCCCC2N)c(C#N)c1CC. The molecular formula is C15H23N5. The van der Waals surface area contributed by atoms with Gasteiger partial charge in [0.2, 0.25) is 0 Å². The number of aryl methyl sites for hydroxylation is 1. The highest BCUT2D eigenvalue weighted by molar-refractivity contribution is 5.57. The van der Waals surface area contributed by atoms with Crippen molar-refractivity contribution in [3.8, 4) is 6.07 Å². The minimum Gasteiger partial charge on any atom is -0.363 e. The number of aromatic nitrogens is 2. The Morgan fingerprint density at radius 2 is 2.00 bits per heavy atom. The Hall–Kier alpha value is -1.67. The number of nitrogens with zero attached hydrogens (tertiary/aromatic N) is 3. The van der Waals surface area contributed by atoms with E-state index in [1.165, 1.54) is 12.8 Å². The molecule has 2 atom stereocenters. The van der Waals surface area contributed by atoms with Crippen molar-refractivity contribution in [2.24, 2.45) is 5.73 Å². The molecule has 0 amide bonds. The number of nitrogens with two attached hydrogens (primary N) is 1. The van der Waals surface area contributed by atoms with Gasteiger partial charge in [0, 0.05) is 12.1 Å². The van der Waals surface area contributed by atoms with Gasteiger partial charge >= 0.3 is 0 Å². The second-order valence-corrected chi connectivity index (χ2v) is 5.37. The Balaban J connectivity index is 2.30. The molecule has 1 heterocycles. The van der Waals surface area contributed by atoms with E-state index in [0.29, 0.717) is 11.4 Å². The number of nitrogens with one attached hydrogen (secondary N) is 1. The molecule has 1 aromatic heterocycles. The summed E-state index contributed by atoms with van der Waals surface area (Å²) < 4.78 is 0. The number of rotatable bonds is 4. The van der Waals surface area contributed by atoms with Crippen LogP contribution in [0.4, 0.5) is 5.82 Å². The highest BCUT2D eigenvalue weighted by Crippen LogP contribution is 2.24. The molecule has 1 saturated carbocycles. The zero-order chi connectivity index (χ0) is 14.5. The van der Waals surface area contributed by atoms with Crippen LogP contribution in [0, 0.1) is 11.3 Å². The second-order valence-electron chi connectivity index (χ2n) is 5.37. The first-order chi connectivity index (χ1) is 9.71. The number of nitriles is 1. The molecule has 5 nitrogen and oxygen atoms in total. The Kier molecular flexibility index (Phi) is 4.91. The van der Waals surface area contributed by atoms with Gasteiger partial charge in [0.05, 0.1) is 5.69 Å². The monoisotopic (exact) mass is 273 g/mol. The Labute approximate surface area is 120 Å². The van der Waals surface area contributed by atoms with E-state index in [2.05, 4.69) is 21.6 Å². The van der Waals surface area contributed by atoms with Gasteiger partial charge in [-0.1, -0.05) is 26.7 Å². The van der Waals surface area contributed by atoms with Crippen LogP contribution < -0.4 is 11.1 Å². The Bertz CT molecular complexity index is 506. The van der Waals surface area contributed by atoms with Crippen LogP contribution in [0.1, 0.15) is 56.4 Å². The second kappa shape index (κ2) is 6.67. The van der Waals surface area contributed by atoms with Crippen LogP contribution in [0.15, 0.2) is 0 Å². The summed E-state index contributed by atoms with van der Waals surface area (Å²) in [5, 5.41) is 21.3. The van der Waals surface area contributed by atoms with Gasteiger partial charge in [-0.05, 0) is 31.2 Å². The fourth-order valence-electron chi connectivity index (χ4n) is 2.91. The predicted molar refractivity (Wildman–Crippen MR) is 79.4 cm³/mol. The summed E-state index contributed by atoms with van der Waals surface area (Å²) in [6, 6.07) is 2.62. The van der Waals surface area contributed by atoms with E-state index in [9.17, 15) is 5.26 Å². The molecule has 2 rings (SSSR count). The topological polar surface area (TPSA) is 87.6 Å². The van der Waals surface area contributed by atoms with Gasteiger partial charge in [-0.3, -0.25) is 0 Å². The summed E-state index contributed by atoms with van der Waals surface area (Å²) in [4.78, 5) is 0. The molecule has 0 radical (unpaired) electrons. The minimum atomic E-state index is 0.132. The molecule has 1 aliphatic carbocycles. The van der Waals surface area contributed by atoms with Gasteiger partial charge in [-0.25, -0.2) is 0 Å². The van der Waals surface area contributed by atoms with Crippen LogP contribution in [0.2, 0.25) is 0 Å². The predicted octanol–water partition coefficient (Wildman–Crippen LogP) is 2.15. The van der Waals surface area contributed by atoms with E-state index in [1.54, 1.807) is 0 Å². The summed E-state index contributed by atoms with van der Waals surface area (Å²) in [7, 11) is 0. The molecule has 0 aliphatic heterocycles. The molecule has 0 aromatic carbocycles. The van der Waals surface area contributed by atoms with Gasteiger partial charge in [-0.15, -0.1) is 5.10 Å². The summed E-state index contributed by atoms with van der Waals surface area (Å²) in [5.41, 5.74) is 8.72. The van der Waals surface area contributed by atoms with E-state index in [-0.39, 0.29) is 12.1 Å². The van der Waals surface area contributed by atoms with Crippen LogP contribution in [-0.4, -0.2) is 22.3 Å². The zero-order valence-electron chi connectivity index (χ0n) is 12.3. The van der Waals surface area contributed by atoms with Crippen LogP contribution in [0.3, 0.4) is 0 Å². The maximum absolute atomic E-state index is 9.46. The minimum absolute atomic E-state index is 0.132. The molecule has 20 heavy (non-hydrogen) atoms. The third-order valence-corrected chi connectivity index (χ3v) is 4.10. The van der Waals surface area contributed by atoms with Crippen LogP contribution in [0.25, 0.3) is 0 Å². The van der Waals surface area contributed by atoms with Crippen LogP contribution >= 0.6 is 0 Å². The lowest BCUT2D eigenvalue weighted by Gasteiger charge is -2.30. The van der Waals surface area contributed by atoms with Crippen LogP contribution in [-0.2, 0) is 12.8 Å². The first-order valence-corrected chi connectivity index (χ1v) is 7.51. The van der Waals surface area contributed by atoms with Gasteiger partial charge in [0.25, 0.3) is 0 Å². The molecule has 108 valence electrons. The largest absolute Gasteiger partial charge is 0.363 e. The van der Waals surface area contributed by atoms with E-state index in [0.717, 1.165) is 36.9 Å². The third-order valence-electron chi connectivity index (χ3n) is 4.10. The van der Waals surface area contributed by atoms with Crippen molar-refractivity contribution in [3.05, 3.63) is 16.8 Å². The van der Waals surface area contributed by atoms with Crippen molar-refractivity contribution in [2.45, 2.75) is 64.5 Å². The Morgan fingerprint density at radius 1 is 1.25 bits per heavy atom. The molecule has 1 fully saturated rings. The average molecular weight is 273 g/mol. The number of anilines is 1. The molecule has 0 spiro atoms. The van der Waals surface area contributed by atoms with E-state index in [1.807, 2.05) is 13.8 Å². The Morgan fingerprint density at radius 3 is 2.60 bits per heavy atom.